The number of ether oxygens (including phenoxy) is 1. The van der Waals surface area contributed by atoms with E-state index in [0.717, 1.165) is 26.2 Å². The van der Waals surface area contributed by atoms with Gasteiger partial charge in [-0.05, 0) is 29.7 Å². The van der Waals surface area contributed by atoms with Gasteiger partial charge in [-0.2, -0.15) is 0 Å². The summed E-state index contributed by atoms with van der Waals surface area (Å²) in [5, 5.41) is 0.279. The summed E-state index contributed by atoms with van der Waals surface area (Å²) in [6.45, 7) is 5.90. The lowest BCUT2D eigenvalue weighted by atomic mass is 10.1. The van der Waals surface area contributed by atoms with Crippen LogP contribution in [-0.4, -0.2) is 30.7 Å². The van der Waals surface area contributed by atoms with E-state index in [0.29, 0.717) is 0 Å². The molecular formula is C25H27NOS. The lowest BCUT2D eigenvalue weighted by Gasteiger charge is -2.37. The summed E-state index contributed by atoms with van der Waals surface area (Å²) in [5.41, 5.74) is 4.03. The zero-order valence-corrected chi connectivity index (χ0v) is 17.1. The average Bonchev–Trinajstić information content (AvgIpc) is 2.75. The Morgan fingerprint density at radius 1 is 0.929 bits per heavy atom. The van der Waals surface area contributed by atoms with Gasteiger partial charge in [0.05, 0.1) is 18.0 Å². The van der Waals surface area contributed by atoms with Crippen LogP contribution < -0.4 is 0 Å². The molecule has 0 saturated carbocycles. The summed E-state index contributed by atoms with van der Waals surface area (Å²) in [6, 6.07) is 30.2. The van der Waals surface area contributed by atoms with Gasteiger partial charge in [-0.15, -0.1) is 11.8 Å². The number of benzene rings is 3. The molecule has 0 aromatic heterocycles. The number of thioether (sulfide) groups is 1. The van der Waals surface area contributed by atoms with Crippen molar-refractivity contribution in [3.8, 4) is 0 Å². The molecule has 0 radical (unpaired) electrons. The van der Waals surface area contributed by atoms with Crippen LogP contribution in [0.1, 0.15) is 21.9 Å². The molecule has 3 aromatic rings. The van der Waals surface area contributed by atoms with Gasteiger partial charge >= 0.3 is 0 Å². The minimum absolute atomic E-state index is 0.171. The van der Waals surface area contributed by atoms with Gasteiger partial charge in [0, 0.05) is 24.5 Å². The van der Waals surface area contributed by atoms with Gasteiger partial charge in [0.25, 0.3) is 0 Å². The van der Waals surface area contributed by atoms with E-state index in [1.54, 1.807) is 0 Å². The normalized spacial score (nSPS) is 18.7. The van der Waals surface area contributed by atoms with Crippen LogP contribution in [0.2, 0.25) is 0 Å². The Hall–Kier alpha value is -2.07. The van der Waals surface area contributed by atoms with Gasteiger partial charge in [0.2, 0.25) is 0 Å². The molecule has 1 saturated heterocycles. The summed E-state index contributed by atoms with van der Waals surface area (Å²) in [7, 11) is 0. The van der Waals surface area contributed by atoms with Crippen molar-refractivity contribution in [1.82, 2.24) is 4.90 Å². The second kappa shape index (κ2) is 9.42. The van der Waals surface area contributed by atoms with Crippen LogP contribution in [0.4, 0.5) is 0 Å². The van der Waals surface area contributed by atoms with Crippen LogP contribution in [0.5, 0.6) is 0 Å². The molecular weight excluding hydrogens is 362 g/mol. The largest absolute Gasteiger partial charge is 0.374 e. The van der Waals surface area contributed by atoms with Crippen molar-refractivity contribution in [2.45, 2.75) is 29.7 Å². The number of hydrogen-bond acceptors (Lipinski definition) is 3. The standard InChI is InChI=1S/C25H27NOS/c1-20-10-8-9-15-24(20)28-25(22-13-6-3-7-14-22)23-19-26(16-17-27-23)18-21-11-4-2-5-12-21/h2-15,23,25H,16-19H2,1H3/t23-,25?/m1/s1. The lowest BCUT2D eigenvalue weighted by Crippen LogP contribution is -2.44. The summed E-state index contributed by atoms with van der Waals surface area (Å²) >= 11 is 1.93. The van der Waals surface area contributed by atoms with E-state index in [1.807, 2.05) is 11.8 Å². The van der Waals surface area contributed by atoms with Crippen LogP contribution in [0.3, 0.4) is 0 Å². The molecule has 0 bridgehead atoms. The van der Waals surface area contributed by atoms with Gasteiger partial charge in [0.1, 0.15) is 0 Å². The van der Waals surface area contributed by atoms with E-state index in [2.05, 4.69) is 96.8 Å². The van der Waals surface area contributed by atoms with Crippen LogP contribution in [0.25, 0.3) is 0 Å². The highest BCUT2D eigenvalue weighted by Crippen LogP contribution is 2.41. The quantitative estimate of drug-likeness (QED) is 0.500. The van der Waals surface area contributed by atoms with Gasteiger partial charge < -0.3 is 4.74 Å². The summed E-state index contributed by atoms with van der Waals surface area (Å²) < 4.78 is 6.31. The van der Waals surface area contributed by atoms with Crippen LogP contribution >= 0.6 is 11.8 Å². The Labute approximate surface area is 172 Å². The second-order valence-corrected chi connectivity index (χ2v) is 8.53. The first-order chi connectivity index (χ1) is 13.8. The van der Waals surface area contributed by atoms with Gasteiger partial charge in [-0.25, -0.2) is 0 Å². The Kier molecular flexibility index (Phi) is 6.48. The van der Waals surface area contributed by atoms with E-state index in [9.17, 15) is 0 Å². The fraction of sp³-hybridized carbons (Fsp3) is 0.280. The maximum atomic E-state index is 6.31. The molecule has 1 aliphatic heterocycles. The minimum Gasteiger partial charge on any atom is -0.374 e. The fourth-order valence-electron chi connectivity index (χ4n) is 3.73. The molecule has 3 heteroatoms. The molecule has 0 amide bonds. The molecule has 144 valence electrons. The Bertz CT molecular complexity index is 868. The minimum atomic E-state index is 0.171. The molecule has 1 fully saturated rings. The number of aryl methyl sites for hydroxylation is 1. The first-order valence-electron chi connectivity index (χ1n) is 9.95. The van der Waals surface area contributed by atoms with E-state index < -0.39 is 0 Å². The molecule has 2 atom stereocenters. The van der Waals surface area contributed by atoms with Crippen molar-refractivity contribution in [2.24, 2.45) is 0 Å². The molecule has 0 spiro atoms. The third kappa shape index (κ3) is 4.85. The summed E-state index contributed by atoms with van der Waals surface area (Å²) in [6.07, 6.45) is 0.171. The average molecular weight is 390 g/mol. The summed E-state index contributed by atoms with van der Waals surface area (Å²) in [5.74, 6) is 0. The van der Waals surface area contributed by atoms with Crippen molar-refractivity contribution >= 4 is 11.8 Å². The van der Waals surface area contributed by atoms with Crippen molar-refractivity contribution in [3.63, 3.8) is 0 Å². The third-order valence-corrected chi connectivity index (χ3v) is 6.78. The Morgan fingerprint density at radius 2 is 1.61 bits per heavy atom. The predicted molar refractivity (Wildman–Crippen MR) is 118 cm³/mol. The predicted octanol–water partition coefficient (Wildman–Crippen LogP) is 5.73. The highest BCUT2D eigenvalue weighted by atomic mass is 32.2. The highest BCUT2D eigenvalue weighted by Gasteiger charge is 2.30. The van der Waals surface area contributed by atoms with Gasteiger partial charge in [-0.1, -0.05) is 78.9 Å². The van der Waals surface area contributed by atoms with Gasteiger partial charge in [0.15, 0.2) is 0 Å². The first kappa shape index (κ1) is 19.3. The lowest BCUT2D eigenvalue weighted by molar-refractivity contribution is -0.0319. The number of rotatable bonds is 6. The molecule has 2 nitrogen and oxygen atoms in total. The topological polar surface area (TPSA) is 12.5 Å². The van der Waals surface area contributed by atoms with E-state index >= 15 is 0 Å². The van der Waals surface area contributed by atoms with Crippen molar-refractivity contribution in [3.05, 3.63) is 102 Å². The van der Waals surface area contributed by atoms with E-state index in [-0.39, 0.29) is 11.4 Å². The number of morpholine rings is 1. The Balaban J connectivity index is 1.54. The molecule has 4 rings (SSSR count). The molecule has 0 N–H and O–H groups in total. The van der Waals surface area contributed by atoms with E-state index in [4.69, 9.17) is 4.74 Å². The fourth-order valence-corrected chi connectivity index (χ4v) is 5.02. The zero-order valence-electron chi connectivity index (χ0n) is 16.3. The van der Waals surface area contributed by atoms with Crippen molar-refractivity contribution in [2.75, 3.05) is 19.7 Å². The SMILES string of the molecule is Cc1ccccc1SC(c1ccccc1)[C@H]1CN(Cc2ccccc2)CCO1. The Morgan fingerprint density at radius 3 is 2.36 bits per heavy atom. The summed E-state index contributed by atoms with van der Waals surface area (Å²) in [4.78, 5) is 3.86. The molecule has 1 unspecified atom stereocenters. The second-order valence-electron chi connectivity index (χ2n) is 7.34. The molecule has 3 aromatic carbocycles. The van der Waals surface area contributed by atoms with Crippen molar-refractivity contribution < 1.29 is 4.74 Å². The van der Waals surface area contributed by atoms with Gasteiger partial charge in [-0.3, -0.25) is 4.90 Å². The third-order valence-electron chi connectivity index (χ3n) is 5.24. The monoisotopic (exact) mass is 389 g/mol. The van der Waals surface area contributed by atoms with E-state index in [1.165, 1.54) is 21.6 Å². The number of hydrogen-bond donors (Lipinski definition) is 0. The van der Waals surface area contributed by atoms with Crippen LogP contribution in [0.15, 0.2) is 89.8 Å². The van der Waals surface area contributed by atoms with Crippen LogP contribution in [0, 0.1) is 6.92 Å². The molecule has 1 heterocycles. The first-order valence-corrected chi connectivity index (χ1v) is 10.8. The maximum Gasteiger partial charge on any atom is 0.0865 e. The van der Waals surface area contributed by atoms with Crippen LogP contribution in [-0.2, 0) is 11.3 Å². The maximum absolute atomic E-state index is 6.31. The smallest absolute Gasteiger partial charge is 0.0865 e. The molecule has 1 aliphatic rings. The zero-order chi connectivity index (χ0) is 19.2. The highest BCUT2D eigenvalue weighted by molar-refractivity contribution is 7.99. The molecule has 28 heavy (non-hydrogen) atoms. The number of nitrogens with zero attached hydrogens (tertiary/aromatic N) is 1. The van der Waals surface area contributed by atoms with Crippen molar-refractivity contribution in [1.29, 1.82) is 0 Å². The molecule has 0 aliphatic carbocycles.